The highest BCUT2D eigenvalue weighted by Crippen LogP contribution is 2.31. The Morgan fingerprint density at radius 1 is 1.23 bits per heavy atom. The SMILES string of the molecule is CCN1CC[C@H](c2ccccc2)C[C@@H]1C(=O)N[C@@H](C)C(=O)CCc1ccc(N)nc1C. The number of piperidine rings is 1. The predicted molar refractivity (Wildman–Crippen MR) is 124 cm³/mol. The van der Waals surface area contributed by atoms with Crippen molar-refractivity contribution in [2.45, 2.75) is 64.5 Å². The van der Waals surface area contributed by atoms with E-state index in [0.717, 1.165) is 37.2 Å². The molecule has 1 aromatic carbocycles. The number of aryl methyl sites for hydroxylation is 2. The molecule has 31 heavy (non-hydrogen) atoms. The number of nitrogens with two attached hydrogens (primary N) is 1. The average Bonchev–Trinajstić information content (AvgIpc) is 2.78. The van der Waals surface area contributed by atoms with E-state index in [9.17, 15) is 9.59 Å². The molecular formula is C25H34N4O2. The fourth-order valence-corrected chi connectivity index (χ4v) is 4.43. The number of ketones is 1. The van der Waals surface area contributed by atoms with Gasteiger partial charge in [-0.25, -0.2) is 4.98 Å². The number of aromatic nitrogens is 1. The van der Waals surface area contributed by atoms with Crippen molar-refractivity contribution in [2.75, 3.05) is 18.8 Å². The molecule has 0 radical (unpaired) electrons. The van der Waals surface area contributed by atoms with E-state index >= 15 is 0 Å². The van der Waals surface area contributed by atoms with Gasteiger partial charge in [0.15, 0.2) is 5.78 Å². The highest BCUT2D eigenvalue weighted by molar-refractivity contribution is 5.90. The molecule has 0 unspecified atom stereocenters. The van der Waals surface area contributed by atoms with Gasteiger partial charge in [-0.3, -0.25) is 14.5 Å². The minimum atomic E-state index is -0.509. The Kier molecular flexibility index (Phi) is 7.80. The number of nitrogen functional groups attached to an aromatic ring is 1. The van der Waals surface area contributed by atoms with Gasteiger partial charge in [0, 0.05) is 12.1 Å². The van der Waals surface area contributed by atoms with Crippen LogP contribution in [0.4, 0.5) is 5.82 Å². The number of anilines is 1. The van der Waals surface area contributed by atoms with Crippen molar-refractivity contribution in [3.8, 4) is 0 Å². The number of likely N-dealkylation sites (N-methyl/N-ethyl adjacent to an activating group) is 1. The predicted octanol–water partition coefficient (Wildman–Crippen LogP) is 3.25. The summed E-state index contributed by atoms with van der Waals surface area (Å²) in [5.74, 6) is 0.832. The molecule has 1 amide bonds. The van der Waals surface area contributed by atoms with E-state index < -0.39 is 6.04 Å². The molecule has 6 nitrogen and oxygen atoms in total. The summed E-state index contributed by atoms with van der Waals surface area (Å²) in [4.78, 5) is 32.2. The smallest absolute Gasteiger partial charge is 0.237 e. The Morgan fingerprint density at radius 3 is 2.65 bits per heavy atom. The maximum atomic E-state index is 13.1. The molecule has 166 valence electrons. The minimum Gasteiger partial charge on any atom is -0.384 e. The lowest BCUT2D eigenvalue weighted by atomic mass is 9.85. The molecule has 0 bridgehead atoms. The van der Waals surface area contributed by atoms with Gasteiger partial charge in [0.05, 0.1) is 12.1 Å². The number of pyridine rings is 1. The Bertz CT molecular complexity index is 900. The summed E-state index contributed by atoms with van der Waals surface area (Å²) < 4.78 is 0. The molecule has 1 aromatic heterocycles. The first-order valence-corrected chi connectivity index (χ1v) is 11.2. The lowest BCUT2D eigenvalue weighted by molar-refractivity contribution is -0.132. The van der Waals surface area contributed by atoms with Crippen LogP contribution in [0.3, 0.4) is 0 Å². The Labute approximate surface area is 185 Å². The van der Waals surface area contributed by atoms with E-state index in [4.69, 9.17) is 5.73 Å². The first kappa shape index (κ1) is 22.9. The van der Waals surface area contributed by atoms with E-state index in [2.05, 4.69) is 46.4 Å². The largest absolute Gasteiger partial charge is 0.384 e. The third-order valence-electron chi connectivity index (χ3n) is 6.39. The van der Waals surface area contributed by atoms with Gasteiger partial charge in [0.2, 0.25) is 5.91 Å². The van der Waals surface area contributed by atoms with Gasteiger partial charge < -0.3 is 11.1 Å². The number of benzene rings is 1. The molecule has 3 rings (SSSR count). The zero-order chi connectivity index (χ0) is 22.4. The van der Waals surface area contributed by atoms with Crippen LogP contribution in [-0.2, 0) is 16.0 Å². The van der Waals surface area contributed by atoms with Crippen LogP contribution in [0.2, 0.25) is 0 Å². The Morgan fingerprint density at radius 2 is 1.97 bits per heavy atom. The summed E-state index contributed by atoms with van der Waals surface area (Å²) in [5.41, 5.74) is 8.84. The maximum Gasteiger partial charge on any atom is 0.237 e. The molecule has 0 spiro atoms. The van der Waals surface area contributed by atoms with Gasteiger partial charge in [-0.05, 0) is 69.3 Å². The summed E-state index contributed by atoms with van der Waals surface area (Å²) in [6.07, 6.45) is 2.79. The highest BCUT2D eigenvalue weighted by Gasteiger charge is 2.34. The van der Waals surface area contributed by atoms with Crippen molar-refractivity contribution < 1.29 is 9.59 Å². The lowest BCUT2D eigenvalue weighted by Crippen LogP contribution is -2.53. The number of likely N-dealkylation sites (tertiary alicyclic amines) is 1. The number of Topliss-reactive ketones (excluding diaryl/α,β-unsaturated/α-hetero) is 1. The number of carbonyl (C=O) groups excluding carboxylic acids is 2. The highest BCUT2D eigenvalue weighted by atomic mass is 16.2. The molecule has 3 atom stereocenters. The first-order chi connectivity index (χ1) is 14.9. The number of carbonyl (C=O) groups is 2. The van der Waals surface area contributed by atoms with Crippen LogP contribution >= 0.6 is 0 Å². The first-order valence-electron chi connectivity index (χ1n) is 11.2. The lowest BCUT2D eigenvalue weighted by Gasteiger charge is -2.38. The van der Waals surface area contributed by atoms with Crippen molar-refractivity contribution in [3.63, 3.8) is 0 Å². The zero-order valence-electron chi connectivity index (χ0n) is 18.8. The van der Waals surface area contributed by atoms with Gasteiger partial charge in [-0.15, -0.1) is 0 Å². The van der Waals surface area contributed by atoms with Gasteiger partial charge in [-0.2, -0.15) is 0 Å². The Hall–Kier alpha value is -2.73. The van der Waals surface area contributed by atoms with Crippen molar-refractivity contribution in [1.29, 1.82) is 0 Å². The second-order valence-electron chi connectivity index (χ2n) is 8.45. The number of amides is 1. The molecule has 0 aliphatic carbocycles. The molecule has 3 N–H and O–H groups in total. The number of hydrogen-bond acceptors (Lipinski definition) is 5. The van der Waals surface area contributed by atoms with Gasteiger partial charge >= 0.3 is 0 Å². The van der Waals surface area contributed by atoms with E-state index in [1.54, 1.807) is 13.0 Å². The van der Waals surface area contributed by atoms with Gasteiger partial charge in [0.25, 0.3) is 0 Å². The van der Waals surface area contributed by atoms with Crippen LogP contribution in [0.5, 0.6) is 0 Å². The van der Waals surface area contributed by atoms with Crippen LogP contribution in [-0.4, -0.2) is 46.7 Å². The second-order valence-corrected chi connectivity index (χ2v) is 8.45. The number of rotatable bonds is 8. The van der Waals surface area contributed by atoms with E-state index in [1.165, 1.54) is 5.56 Å². The third-order valence-corrected chi connectivity index (χ3v) is 6.39. The molecule has 6 heteroatoms. The van der Waals surface area contributed by atoms with E-state index in [0.29, 0.717) is 24.6 Å². The van der Waals surface area contributed by atoms with Crippen LogP contribution in [0.1, 0.15) is 55.8 Å². The molecular weight excluding hydrogens is 388 g/mol. The fourth-order valence-electron chi connectivity index (χ4n) is 4.43. The third kappa shape index (κ3) is 5.91. The van der Waals surface area contributed by atoms with Crippen LogP contribution in [0.15, 0.2) is 42.5 Å². The summed E-state index contributed by atoms with van der Waals surface area (Å²) in [6, 6.07) is 13.4. The number of hydrogen-bond donors (Lipinski definition) is 2. The second kappa shape index (κ2) is 10.5. The molecule has 0 saturated carbocycles. The topological polar surface area (TPSA) is 88.3 Å². The summed E-state index contributed by atoms with van der Waals surface area (Å²) in [7, 11) is 0. The van der Waals surface area contributed by atoms with Crippen molar-refractivity contribution in [1.82, 2.24) is 15.2 Å². The molecule has 2 aromatic rings. The number of nitrogens with one attached hydrogen (secondary N) is 1. The van der Waals surface area contributed by atoms with Crippen molar-refractivity contribution >= 4 is 17.5 Å². The minimum absolute atomic E-state index is 0.0306. The average molecular weight is 423 g/mol. The van der Waals surface area contributed by atoms with Crippen molar-refractivity contribution in [3.05, 3.63) is 59.3 Å². The fraction of sp³-hybridized carbons (Fsp3) is 0.480. The van der Waals surface area contributed by atoms with Crippen LogP contribution in [0.25, 0.3) is 0 Å². The molecule has 1 aliphatic heterocycles. The molecule has 1 saturated heterocycles. The normalized spacial score (nSPS) is 20.2. The van der Waals surface area contributed by atoms with E-state index in [-0.39, 0.29) is 17.7 Å². The van der Waals surface area contributed by atoms with Crippen molar-refractivity contribution in [2.24, 2.45) is 0 Å². The molecule has 1 fully saturated rings. The maximum absolute atomic E-state index is 13.1. The quantitative estimate of drug-likeness (QED) is 0.682. The van der Waals surface area contributed by atoms with Crippen LogP contribution < -0.4 is 11.1 Å². The van der Waals surface area contributed by atoms with Gasteiger partial charge in [-0.1, -0.05) is 43.3 Å². The molecule has 1 aliphatic rings. The summed E-state index contributed by atoms with van der Waals surface area (Å²) in [5, 5.41) is 2.98. The standard InChI is InChI=1S/C25H34N4O2/c1-4-29-15-14-21(20-8-6-5-7-9-20)16-22(29)25(31)28-18(3)23(30)12-10-19-11-13-24(26)27-17(19)2/h5-9,11,13,18,21-22H,4,10,12,14-16H2,1-3H3,(H2,26,27)(H,28,31)/t18-,21-,22+/m0/s1. The zero-order valence-corrected chi connectivity index (χ0v) is 18.8. The Balaban J connectivity index is 1.58. The van der Waals surface area contributed by atoms with Gasteiger partial charge in [0.1, 0.15) is 5.82 Å². The number of nitrogens with zero attached hydrogens (tertiary/aromatic N) is 2. The summed E-state index contributed by atoms with van der Waals surface area (Å²) in [6.45, 7) is 7.47. The molecule has 2 heterocycles. The van der Waals surface area contributed by atoms with E-state index in [1.807, 2.05) is 19.1 Å². The monoisotopic (exact) mass is 422 g/mol. The van der Waals surface area contributed by atoms with Crippen LogP contribution in [0, 0.1) is 6.92 Å². The summed E-state index contributed by atoms with van der Waals surface area (Å²) >= 11 is 0.